The molecule has 5 nitrogen and oxygen atoms in total. The van der Waals surface area contributed by atoms with Crippen molar-refractivity contribution in [3.05, 3.63) is 41.5 Å². The van der Waals surface area contributed by atoms with Crippen LogP contribution in [0.15, 0.2) is 30.3 Å². The summed E-state index contributed by atoms with van der Waals surface area (Å²) in [6.07, 6.45) is -2.27. The number of quaternary nitrogens is 1. The van der Waals surface area contributed by atoms with E-state index < -0.39 is 30.3 Å². The topological polar surface area (TPSA) is 52.6 Å². The number of carbonyl (C=O) groups is 2. The lowest BCUT2D eigenvalue weighted by Gasteiger charge is -2.24. The monoisotopic (exact) mass is 412 g/mol. The molecule has 29 heavy (non-hydrogen) atoms. The van der Waals surface area contributed by atoms with E-state index in [0.29, 0.717) is 23.0 Å². The molecule has 0 N–H and O–H groups in total. The minimum atomic E-state index is -5.20. The Bertz CT molecular complexity index is 816. The summed E-state index contributed by atoms with van der Waals surface area (Å²) < 4.78 is 49.3. The standard InChI is InChI=1S/C21H25F3NO4/c1-25(2)12-11-15(13-25)28-19(26)18(29-20(27)21(22,23)24)17-10-6-5-9-16(17)14-7-3-4-8-14/h5-7,9-10,15,18H,3-4,8,11-13H2,1-2H3/q+1/t15-,18?/m0/s1. The maximum Gasteiger partial charge on any atom is 0.490 e. The number of rotatable bonds is 5. The van der Waals surface area contributed by atoms with Gasteiger partial charge in [0.2, 0.25) is 6.10 Å². The molecule has 0 bridgehead atoms. The molecule has 158 valence electrons. The van der Waals surface area contributed by atoms with Crippen LogP contribution >= 0.6 is 0 Å². The van der Waals surface area contributed by atoms with Gasteiger partial charge in [-0.2, -0.15) is 13.2 Å². The van der Waals surface area contributed by atoms with E-state index in [2.05, 4.69) is 4.74 Å². The van der Waals surface area contributed by atoms with Crippen molar-refractivity contribution >= 4 is 17.5 Å². The van der Waals surface area contributed by atoms with Gasteiger partial charge >= 0.3 is 18.1 Å². The van der Waals surface area contributed by atoms with Crippen LogP contribution in [0.2, 0.25) is 0 Å². The number of allylic oxidation sites excluding steroid dienone is 2. The molecule has 1 aromatic rings. The van der Waals surface area contributed by atoms with Gasteiger partial charge in [-0.25, -0.2) is 9.59 Å². The number of ether oxygens (including phenoxy) is 2. The number of alkyl halides is 3. The van der Waals surface area contributed by atoms with Gasteiger partial charge in [0.1, 0.15) is 6.54 Å². The summed E-state index contributed by atoms with van der Waals surface area (Å²) in [6.45, 7) is 1.34. The molecule has 2 aliphatic rings. The van der Waals surface area contributed by atoms with Crippen LogP contribution in [0.25, 0.3) is 5.57 Å². The highest BCUT2D eigenvalue weighted by Gasteiger charge is 2.45. The molecule has 1 saturated heterocycles. The van der Waals surface area contributed by atoms with Crippen LogP contribution in [0.1, 0.15) is 42.9 Å². The molecule has 0 aromatic heterocycles. The molecule has 1 heterocycles. The van der Waals surface area contributed by atoms with Crippen LogP contribution in [-0.2, 0) is 19.1 Å². The summed E-state index contributed by atoms with van der Waals surface area (Å²) >= 11 is 0. The first kappa shape index (κ1) is 21.4. The number of likely N-dealkylation sites (tertiary alicyclic amines) is 1. The highest BCUT2D eigenvalue weighted by molar-refractivity contribution is 5.85. The molecule has 0 spiro atoms. The van der Waals surface area contributed by atoms with E-state index in [1.54, 1.807) is 18.2 Å². The second-order valence-corrected chi connectivity index (χ2v) is 8.18. The number of nitrogens with zero attached hydrogens (tertiary/aromatic N) is 1. The van der Waals surface area contributed by atoms with E-state index in [1.807, 2.05) is 20.2 Å². The fourth-order valence-corrected chi connectivity index (χ4v) is 3.90. The van der Waals surface area contributed by atoms with E-state index in [4.69, 9.17) is 4.74 Å². The van der Waals surface area contributed by atoms with Crippen LogP contribution in [0.5, 0.6) is 0 Å². The number of carbonyl (C=O) groups excluding carboxylic acids is 2. The van der Waals surface area contributed by atoms with E-state index >= 15 is 0 Å². The van der Waals surface area contributed by atoms with Crippen molar-refractivity contribution in [2.45, 2.75) is 44.1 Å². The largest absolute Gasteiger partial charge is 0.490 e. The molecular weight excluding hydrogens is 387 g/mol. The third-order valence-electron chi connectivity index (χ3n) is 5.34. The van der Waals surface area contributed by atoms with Crippen molar-refractivity contribution in [3.63, 3.8) is 0 Å². The summed E-state index contributed by atoms with van der Waals surface area (Å²) in [4.78, 5) is 24.4. The molecule has 1 aliphatic heterocycles. The van der Waals surface area contributed by atoms with Gasteiger partial charge < -0.3 is 14.0 Å². The van der Waals surface area contributed by atoms with Gasteiger partial charge in [0.15, 0.2) is 6.10 Å². The van der Waals surface area contributed by atoms with Crippen molar-refractivity contribution in [3.8, 4) is 0 Å². The van der Waals surface area contributed by atoms with E-state index in [0.717, 1.165) is 31.4 Å². The molecule has 0 saturated carbocycles. The van der Waals surface area contributed by atoms with Gasteiger partial charge in [-0.3, -0.25) is 0 Å². The molecule has 1 aliphatic carbocycles. The number of esters is 2. The molecule has 0 amide bonds. The lowest BCUT2D eigenvalue weighted by Crippen LogP contribution is -2.38. The Hall–Kier alpha value is -2.35. The number of halogens is 3. The number of hydrogen-bond acceptors (Lipinski definition) is 4. The summed E-state index contributed by atoms with van der Waals surface area (Å²) in [6, 6.07) is 6.58. The molecule has 1 aromatic carbocycles. The smallest absolute Gasteiger partial charge is 0.453 e. The molecule has 2 atom stereocenters. The molecular formula is C21H25F3NO4+. The lowest BCUT2D eigenvalue weighted by molar-refractivity contribution is -0.879. The summed E-state index contributed by atoms with van der Waals surface area (Å²) in [5, 5.41) is 0. The van der Waals surface area contributed by atoms with Crippen molar-refractivity contribution in [2.75, 3.05) is 27.2 Å². The zero-order valence-corrected chi connectivity index (χ0v) is 16.5. The maximum atomic E-state index is 12.9. The fourth-order valence-electron chi connectivity index (χ4n) is 3.90. The molecule has 1 fully saturated rings. The quantitative estimate of drug-likeness (QED) is 0.546. The number of benzene rings is 1. The molecule has 0 radical (unpaired) electrons. The van der Waals surface area contributed by atoms with Gasteiger partial charge in [-0.05, 0) is 30.4 Å². The number of likely N-dealkylation sites (N-methyl/N-ethyl adjacent to an activating group) is 1. The summed E-state index contributed by atoms with van der Waals surface area (Å²) in [7, 11) is 3.97. The normalized spacial score (nSPS) is 22.1. The van der Waals surface area contributed by atoms with E-state index in [-0.39, 0.29) is 5.56 Å². The van der Waals surface area contributed by atoms with Crippen molar-refractivity contribution in [1.29, 1.82) is 0 Å². The second kappa shape index (κ2) is 8.18. The average Bonchev–Trinajstić information content (AvgIpc) is 3.28. The average molecular weight is 412 g/mol. The van der Waals surface area contributed by atoms with Crippen LogP contribution in [-0.4, -0.2) is 55.9 Å². The van der Waals surface area contributed by atoms with Crippen LogP contribution in [0, 0.1) is 0 Å². The predicted molar refractivity (Wildman–Crippen MR) is 99.5 cm³/mol. The van der Waals surface area contributed by atoms with Crippen molar-refractivity contribution < 1.29 is 36.7 Å². The first-order chi connectivity index (χ1) is 13.6. The van der Waals surface area contributed by atoms with Crippen molar-refractivity contribution in [2.24, 2.45) is 0 Å². The molecule has 3 rings (SSSR count). The minimum absolute atomic E-state index is 0.218. The maximum absolute atomic E-state index is 12.9. The third kappa shape index (κ3) is 5.18. The number of hydrogen-bond donors (Lipinski definition) is 0. The third-order valence-corrected chi connectivity index (χ3v) is 5.34. The van der Waals surface area contributed by atoms with Gasteiger partial charge in [0.25, 0.3) is 0 Å². The lowest BCUT2D eigenvalue weighted by atomic mass is 9.95. The van der Waals surface area contributed by atoms with Gasteiger partial charge in [0, 0.05) is 12.0 Å². The predicted octanol–water partition coefficient (Wildman–Crippen LogP) is 3.79. The Kier molecular flexibility index (Phi) is 6.03. The Morgan fingerprint density at radius 2 is 1.93 bits per heavy atom. The van der Waals surface area contributed by atoms with E-state index in [1.165, 1.54) is 6.07 Å². The zero-order valence-electron chi connectivity index (χ0n) is 16.5. The SMILES string of the molecule is C[N+]1(C)CC[C@H](OC(=O)C(OC(=O)C(F)(F)F)c2ccccc2C2=CCCC2)C1. The Morgan fingerprint density at radius 3 is 2.52 bits per heavy atom. The van der Waals surface area contributed by atoms with Crippen molar-refractivity contribution in [1.82, 2.24) is 0 Å². The molecule has 8 heteroatoms. The van der Waals surface area contributed by atoms with Crippen LogP contribution < -0.4 is 0 Å². The Morgan fingerprint density at radius 1 is 1.21 bits per heavy atom. The van der Waals surface area contributed by atoms with Gasteiger partial charge in [-0.1, -0.05) is 30.3 Å². The second-order valence-electron chi connectivity index (χ2n) is 8.18. The highest BCUT2D eigenvalue weighted by Crippen LogP contribution is 2.35. The van der Waals surface area contributed by atoms with Gasteiger partial charge in [0.05, 0.1) is 20.6 Å². The van der Waals surface area contributed by atoms with E-state index in [9.17, 15) is 22.8 Å². The Balaban J connectivity index is 1.90. The van der Waals surface area contributed by atoms with Crippen LogP contribution in [0.4, 0.5) is 13.2 Å². The van der Waals surface area contributed by atoms with Gasteiger partial charge in [-0.15, -0.1) is 0 Å². The minimum Gasteiger partial charge on any atom is -0.453 e. The zero-order chi connectivity index (χ0) is 21.2. The highest BCUT2D eigenvalue weighted by atomic mass is 19.4. The molecule has 1 unspecified atom stereocenters. The first-order valence-corrected chi connectivity index (χ1v) is 9.65. The first-order valence-electron chi connectivity index (χ1n) is 9.65. The fraction of sp³-hybridized carbons (Fsp3) is 0.524. The summed E-state index contributed by atoms with van der Waals surface area (Å²) in [5.41, 5.74) is 1.76. The van der Waals surface area contributed by atoms with Crippen LogP contribution in [0.3, 0.4) is 0 Å². The Labute approximate surface area is 167 Å². The summed E-state index contributed by atoms with van der Waals surface area (Å²) in [5.74, 6) is -3.38.